The zero-order valence-corrected chi connectivity index (χ0v) is 15.7. The van der Waals surface area contributed by atoms with Gasteiger partial charge in [-0.3, -0.25) is 0 Å². The summed E-state index contributed by atoms with van der Waals surface area (Å²) in [7, 11) is -1.91. The lowest BCUT2D eigenvalue weighted by Crippen LogP contribution is -2.27. The molecular weight excluding hydrogens is 418 g/mol. The van der Waals surface area contributed by atoms with E-state index in [9.17, 15) is 8.42 Å². The highest BCUT2D eigenvalue weighted by Gasteiger charge is 2.23. The molecule has 0 N–H and O–H groups in total. The van der Waals surface area contributed by atoms with Gasteiger partial charge < -0.3 is 0 Å². The predicted molar refractivity (Wildman–Crippen MR) is 91.7 cm³/mol. The van der Waals surface area contributed by atoms with Gasteiger partial charge in [0.05, 0.1) is 4.90 Å². The predicted octanol–water partition coefficient (Wildman–Crippen LogP) is 4.34. The summed E-state index contributed by atoms with van der Waals surface area (Å²) in [5, 5.41) is 0. The molecule has 0 aromatic heterocycles. The third kappa shape index (κ3) is 3.94. The molecule has 2 aromatic carbocycles. The molecule has 0 aliphatic heterocycles. The third-order valence-corrected chi connectivity index (χ3v) is 6.12. The number of rotatable bonds is 4. The molecule has 0 heterocycles. The third-order valence-electron chi connectivity index (χ3n) is 3.16. The van der Waals surface area contributed by atoms with E-state index in [2.05, 4.69) is 31.9 Å². The first kappa shape index (κ1) is 16.7. The Labute approximate surface area is 142 Å². The summed E-state index contributed by atoms with van der Waals surface area (Å²) in [6.45, 7) is 2.13. The Bertz CT molecular complexity index is 743. The molecule has 2 rings (SSSR count). The summed E-state index contributed by atoms with van der Waals surface area (Å²) in [6.07, 6.45) is 0. The SMILES string of the molecule is Cc1ccc(Br)cc1S(=O)(=O)N(C)Cc1ccc(Br)cc1. The minimum absolute atomic E-state index is 0.330. The van der Waals surface area contributed by atoms with Crippen LogP contribution < -0.4 is 0 Å². The first-order valence-corrected chi connectivity index (χ1v) is 9.30. The highest BCUT2D eigenvalue weighted by Crippen LogP contribution is 2.24. The van der Waals surface area contributed by atoms with Crippen molar-refractivity contribution in [3.05, 3.63) is 62.5 Å². The number of nitrogens with zero attached hydrogens (tertiary/aromatic N) is 1. The number of sulfonamides is 1. The van der Waals surface area contributed by atoms with Crippen LogP contribution in [0, 0.1) is 6.92 Å². The molecule has 0 saturated carbocycles. The smallest absolute Gasteiger partial charge is 0.207 e. The van der Waals surface area contributed by atoms with Crippen molar-refractivity contribution in [2.75, 3.05) is 7.05 Å². The fourth-order valence-corrected chi connectivity index (χ4v) is 4.13. The van der Waals surface area contributed by atoms with Crippen molar-refractivity contribution in [3.63, 3.8) is 0 Å². The molecule has 2 aromatic rings. The zero-order chi connectivity index (χ0) is 15.6. The van der Waals surface area contributed by atoms with Gasteiger partial charge in [0.25, 0.3) is 0 Å². The summed E-state index contributed by atoms with van der Waals surface area (Å²) < 4.78 is 28.4. The Morgan fingerprint density at radius 1 is 1.00 bits per heavy atom. The Balaban J connectivity index is 2.30. The second-order valence-corrected chi connectivity index (χ2v) is 8.64. The van der Waals surface area contributed by atoms with Crippen LogP contribution in [0.1, 0.15) is 11.1 Å². The molecule has 0 spiro atoms. The second kappa shape index (κ2) is 6.60. The Morgan fingerprint density at radius 3 is 2.19 bits per heavy atom. The van der Waals surface area contributed by atoms with Crippen molar-refractivity contribution in [1.82, 2.24) is 4.31 Å². The average molecular weight is 433 g/mol. The maximum atomic E-state index is 12.7. The van der Waals surface area contributed by atoms with Gasteiger partial charge in [-0.25, -0.2) is 8.42 Å². The number of benzene rings is 2. The number of halogens is 2. The number of hydrogen-bond acceptors (Lipinski definition) is 2. The van der Waals surface area contributed by atoms with Crippen LogP contribution in [0.25, 0.3) is 0 Å². The van der Waals surface area contributed by atoms with Crippen LogP contribution in [0.5, 0.6) is 0 Å². The van der Waals surface area contributed by atoms with E-state index < -0.39 is 10.0 Å². The van der Waals surface area contributed by atoms with Gasteiger partial charge in [0, 0.05) is 22.5 Å². The van der Waals surface area contributed by atoms with Gasteiger partial charge in [-0.15, -0.1) is 0 Å². The maximum absolute atomic E-state index is 12.7. The molecule has 0 unspecified atom stereocenters. The molecule has 21 heavy (non-hydrogen) atoms. The maximum Gasteiger partial charge on any atom is 0.243 e. The van der Waals surface area contributed by atoms with E-state index >= 15 is 0 Å². The topological polar surface area (TPSA) is 37.4 Å². The average Bonchev–Trinajstić information content (AvgIpc) is 2.43. The Hall–Kier alpha value is -0.690. The van der Waals surface area contributed by atoms with Crippen molar-refractivity contribution in [2.45, 2.75) is 18.4 Å². The van der Waals surface area contributed by atoms with Crippen molar-refractivity contribution in [2.24, 2.45) is 0 Å². The van der Waals surface area contributed by atoms with E-state index in [1.165, 1.54) is 4.31 Å². The first-order valence-electron chi connectivity index (χ1n) is 6.27. The molecule has 0 fully saturated rings. The quantitative estimate of drug-likeness (QED) is 0.720. The van der Waals surface area contributed by atoms with Crippen LogP contribution >= 0.6 is 31.9 Å². The van der Waals surface area contributed by atoms with Crippen LogP contribution in [0.3, 0.4) is 0 Å². The number of aryl methyl sites for hydroxylation is 1. The van der Waals surface area contributed by atoms with Gasteiger partial charge in [-0.05, 0) is 42.3 Å². The van der Waals surface area contributed by atoms with Crippen LogP contribution in [-0.2, 0) is 16.6 Å². The van der Waals surface area contributed by atoms with Gasteiger partial charge in [0.2, 0.25) is 10.0 Å². The molecule has 112 valence electrons. The Morgan fingerprint density at radius 2 is 1.57 bits per heavy atom. The zero-order valence-electron chi connectivity index (χ0n) is 11.7. The van der Waals surface area contributed by atoms with Crippen LogP contribution in [0.15, 0.2) is 56.3 Å². The van der Waals surface area contributed by atoms with Crippen LogP contribution in [0.2, 0.25) is 0 Å². The van der Waals surface area contributed by atoms with E-state index in [0.717, 1.165) is 20.1 Å². The van der Waals surface area contributed by atoms with Crippen molar-refractivity contribution in [3.8, 4) is 0 Å². The fraction of sp³-hybridized carbons (Fsp3) is 0.200. The molecule has 6 heteroatoms. The highest BCUT2D eigenvalue weighted by atomic mass is 79.9. The van der Waals surface area contributed by atoms with Gasteiger partial charge >= 0.3 is 0 Å². The minimum atomic E-state index is -3.51. The van der Waals surface area contributed by atoms with E-state index in [4.69, 9.17) is 0 Å². The van der Waals surface area contributed by atoms with Crippen LogP contribution in [0.4, 0.5) is 0 Å². The normalized spacial score (nSPS) is 11.9. The molecule has 0 saturated heterocycles. The van der Waals surface area contributed by atoms with Gasteiger partial charge in [0.1, 0.15) is 0 Å². The molecule has 3 nitrogen and oxygen atoms in total. The molecule has 0 atom stereocenters. The molecule has 0 amide bonds. The molecule has 0 radical (unpaired) electrons. The Kier molecular flexibility index (Phi) is 5.24. The van der Waals surface area contributed by atoms with E-state index in [-0.39, 0.29) is 0 Å². The highest BCUT2D eigenvalue weighted by molar-refractivity contribution is 9.10. The second-order valence-electron chi connectivity index (χ2n) is 4.80. The monoisotopic (exact) mass is 431 g/mol. The fourth-order valence-electron chi connectivity index (χ4n) is 1.95. The first-order chi connectivity index (χ1) is 9.80. The lowest BCUT2D eigenvalue weighted by Gasteiger charge is -2.19. The lowest BCUT2D eigenvalue weighted by molar-refractivity contribution is 0.466. The molecule has 0 bridgehead atoms. The van der Waals surface area contributed by atoms with Crippen LogP contribution in [-0.4, -0.2) is 19.8 Å². The summed E-state index contributed by atoms with van der Waals surface area (Å²) >= 11 is 6.69. The summed E-state index contributed by atoms with van der Waals surface area (Å²) in [5.74, 6) is 0. The molecule has 0 aliphatic carbocycles. The molecular formula is C15H15Br2NO2S. The van der Waals surface area contributed by atoms with E-state index in [1.807, 2.05) is 30.3 Å². The summed E-state index contributed by atoms with van der Waals surface area (Å²) in [4.78, 5) is 0.330. The standard InChI is InChI=1S/C15H15Br2NO2S/c1-11-3-6-14(17)9-15(11)21(19,20)18(2)10-12-4-7-13(16)8-5-12/h3-9H,10H2,1-2H3. The van der Waals surface area contributed by atoms with Crippen molar-refractivity contribution < 1.29 is 8.42 Å². The van der Waals surface area contributed by atoms with Gasteiger partial charge in [0.15, 0.2) is 0 Å². The summed E-state index contributed by atoms with van der Waals surface area (Å²) in [5.41, 5.74) is 1.68. The van der Waals surface area contributed by atoms with E-state index in [1.54, 1.807) is 26.1 Å². The van der Waals surface area contributed by atoms with Crippen molar-refractivity contribution >= 4 is 41.9 Å². The number of hydrogen-bond donors (Lipinski definition) is 0. The summed E-state index contributed by atoms with van der Waals surface area (Å²) in [6, 6.07) is 12.9. The minimum Gasteiger partial charge on any atom is -0.207 e. The lowest BCUT2D eigenvalue weighted by atomic mass is 10.2. The largest absolute Gasteiger partial charge is 0.243 e. The van der Waals surface area contributed by atoms with Crippen molar-refractivity contribution in [1.29, 1.82) is 0 Å². The van der Waals surface area contributed by atoms with E-state index in [0.29, 0.717) is 11.4 Å². The van der Waals surface area contributed by atoms with Gasteiger partial charge in [-0.1, -0.05) is 50.1 Å². The van der Waals surface area contributed by atoms with Gasteiger partial charge in [-0.2, -0.15) is 4.31 Å². The molecule has 0 aliphatic rings.